The van der Waals surface area contributed by atoms with Gasteiger partial charge in [0, 0.05) is 22.3 Å². The highest BCUT2D eigenvalue weighted by atomic mass is 35.5. The molecule has 0 spiro atoms. The second-order valence-corrected chi connectivity index (χ2v) is 7.55. The lowest BCUT2D eigenvalue weighted by atomic mass is 10.00. The van der Waals surface area contributed by atoms with Gasteiger partial charge < -0.3 is 19.3 Å². The van der Waals surface area contributed by atoms with E-state index in [2.05, 4.69) is 10.5 Å². The van der Waals surface area contributed by atoms with Gasteiger partial charge in [-0.2, -0.15) is 0 Å². The molecule has 1 amide bonds. The largest absolute Gasteiger partial charge is 0.493 e. The molecule has 29 heavy (non-hydrogen) atoms. The van der Waals surface area contributed by atoms with Crippen molar-refractivity contribution in [2.75, 3.05) is 19.5 Å². The summed E-state index contributed by atoms with van der Waals surface area (Å²) in [5.41, 5.74) is 2.37. The van der Waals surface area contributed by atoms with Crippen LogP contribution in [0.25, 0.3) is 11.3 Å². The summed E-state index contributed by atoms with van der Waals surface area (Å²) in [5.74, 6) is 1.69. The molecule has 0 aliphatic heterocycles. The number of nitrogens with one attached hydrogen (secondary N) is 1. The van der Waals surface area contributed by atoms with E-state index in [0.717, 1.165) is 24.0 Å². The number of amides is 1. The minimum Gasteiger partial charge on any atom is -0.493 e. The van der Waals surface area contributed by atoms with Gasteiger partial charge in [0.15, 0.2) is 17.3 Å². The van der Waals surface area contributed by atoms with E-state index in [1.165, 1.54) is 0 Å². The number of carbonyl (C=O) groups excluding carboxylic acids is 1. The molecule has 1 heterocycles. The number of aryl methyl sites for hydroxylation is 1. The second kappa shape index (κ2) is 7.44. The Morgan fingerprint density at radius 3 is 2.52 bits per heavy atom. The first-order valence-electron chi connectivity index (χ1n) is 9.24. The standard InChI is InChI=1S/C22H21ClN2O4/c1-13-4-6-15(11-16(13)23)24-21(26)22(8-9-22)20-12-18(29-25-20)14-5-7-17(27-2)19(10-14)28-3/h4-7,10-12H,8-9H2,1-3H3,(H,24,26). The summed E-state index contributed by atoms with van der Waals surface area (Å²) in [6.45, 7) is 1.92. The van der Waals surface area contributed by atoms with Gasteiger partial charge in [0.25, 0.3) is 0 Å². The fraction of sp³-hybridized carbons (Fsp3) is 0.273. The minimum atomic E-state index is -0.671. The van der Waals surface area contributed by atoms with E-state index in [1.54, 1.807) is 26.4 Å². The van der Waals surface area contributed by atoms with Crippen LogP contribution in [-0.2, 0) is 10.2 Å². The van der Waals surface area contributed by atoms with Gasteiger partial charge in [0.2, 0.25) is 5.91 Å². The maximum atomic E-state index is 13.0. The first-order valence-corrected chi connectivity index (χ1v) is 9.62. The molecule has 1 aliphatic carbocycles. The Bertz CT molecular complexity index is 1070. The van der Waals surface area contributed by atoms with Crippen LogP contribution in [0.1, 0.15) is 24.1 Å². The number of hydrogen-bond acceptors (Lipinski definition) is 5. The number of aromatic nitrogens is 1. The fourth-order valence-electron chi connectivity index (χ4n) is 3.27. The Morgan fingerprint density at radius 2 is 1.86 bits per heavy atom. The van der Waals surface area contributed by atoms with Gasteiger partial charge in [-0.05, 0) is 55.7 Å². The highest BCUT2D eigenvalue weighted by Crippen LogP contribution is 2.49. The molecule has 6 nitrogen and oxygen atoms in total. The summed E-state index contributed by atoms with van der Waals surface area (Å²) >= 11 is 6.16. The molecule has 150 valence electrons. The van der Waals surface area contributed by atoms with Crippen molar-refractivity contribution in [2.24, 2.45) is 0 Å². The van der Waals surface area contributed by atoms with Crippen LogP contribution in [0.3, 0.4) is 0 Å². The van der Waals surface area contributed by atoms with Crippen LogP contribution >= 0.6 is 11.6 Å². The number of hydrogen-bond donors (Lipinski definition) is 1. The van der Waals surface area contributed by atoms with E-state index in [-0.39, 0.29) is 5.91 Å². The third kappa shape index (κ3) is 3.56. The summed E-state index contributed by atoms with van der Waals surface area (Å²) in [5, 5.41) is 7.75. The van der Waals surface area contributed by atoms with Gasteiger partial charge in [-0.3, -0.25) is 4.79 Å². The van der Waals surface area contributed by atoms with E-state index in [0.29, 0.717) is 33.7 Å². The lowest BCUT2D eigenvalue weighted by Gasteiger charge is -2.13. The predicted octanol–water partition coefficient (Wildman–Crippen LogP) is 4.99. The number of anilines is 1. The highest BCUT2D eigenvalue weighted by molar-refractivity contribution is 6.31. The lowest BCUT2D eigenvalue weighted by Crippen LogP contribution is -2.28. The average molecular weight is 413 g/mol. The molecule has 0 unspecified atom stereocenters. The predicted molar refractivity (Wildman–Crippen MR) is 111 cm³/mol. The number of carbonyl (C=O) groups is 1. The van der Waals surface area contributed by atoms with Crippen molar-refractivity contribution in [1.82, 2.24) is 5.16 Å². The molecule has 3 aromatic rings. The zero-order valence-corrected chi connectivity index (χ0v) is 17.2. The molecule has 1 fully saturated rings. The Balaban J connectivity index is 1.57. The number of halogens is 1. The molecule has 0 radical (unpaired) electrons. The molecular formula is C22H21ClN2O4. The van der Waals surface area contributed by atoms with Crippen molar-refractivity contribution in [3.8, 4) is 22.8 Å². The summed E-state index contributed by atoms with van der Waals surface area (Å²) < 4.78 is 16.1. The quantitative estimate of drug-likeness (QED) is 0.617. The van der Waals surface area contributed by atoms with Crippen LogP contribution < -0.4 is 14.8 Å². The number of rotatable bonds is 6. The molecule has 1 aliphatic rings. The second-order valence-electron chi connectivity index (χ2n) is 7.15. The highest BCUT2D eigenvalue weighted by Gasteiger charge is 2.53. The smallest absolute Gasteiger partial charge is 0.236 e. The van der Waals surface area contributed by atoms with E-state index in [4.69, 9.17) is 25.6 Å². The molecular weight excluding hydrogens is 392 g/mol. The molecule has 4 rings (SSSR count). The number of methoxy groups -OCH3 is 2. The first-order chi connectivity index (χ1) is 14.0. The molecule has 0 saturated heterocycles. The molecule has 2 aromatic carbocycles. The zero-order chi connectivity index (χ0) is 20.6. The van der Waals surface area contributed by atoms with Crippen LogP contribution in [0, 0.1) is 6.92 Å². The van der Waals surface area contributed by atoms with Crippen LogP contribution in [0.15, 0.2) is 47.0 Å². The Hall–Kier alpha value is -2.99. The van der Waals surface area contributed by atoms with Crippen molar-refractivity contribution in [3.05, 3.63) is 58.7 Å². The van der Waals surface area contributed by atoms with E-state index in [9.17, 15) is 4.79 Å². The third-order valence-electron chi connectivity index (χ3n) is 5.28. The van der Waals surface area contributed by atoms with Gasteiger partial charge in [0.05, 0.1) is 25.3 Å². The fourth-order valence-corrected chi connectivity index (χ4v) is 3.45. The van der Waals surface area contributed by atoms with Crippen molar-refractivity contribution in [3.63, 3.8) is 0 Å². The van der Waals surface area contributed by atoms with Gasteiger partial charge in [-0.1, -0.05) is 22.8 Å². The maximum Gasteiger partial charge on any atom is 0.236 e. The van der Waals surface area contributed by atoms with E-state index < -0.39 is 5.41 Å². The topological polar surface area (TPSA) is 73.6 Å². The van der Waals surface area contributed by atoms with Crippen LogP contribution in [0.5, 0.6) is 11.5 Å². The SMILES string of the molecule is COc1ccc(-c2cc(C3(C(=O)Nc4ccc(C)c(Cl)c4)CC3)no2)cc1OC. The normalized spacial score (nSPS) is 14.3. The molecule has 1 N–H and O–H groups in total. The first kappa shape index (κ1) is 19.3. The van der Waals surface area contributed by atoms with E-state index >= 15 is 0 Å². The molecule has 1 saturated carbocycles. The van der Waals surface area contributed by atoms with Crippen molar-refractivity contribution in [2.45, 2.75) is 25.2 Å². The number of ether oxygens (including phenoxy) is 2. The Labute approximate surface area is 173 Å². The van der Waals surface area contributed by atoms with Crippen LogP contribution in [0.4, 0.5) is 5.69 Å². The number of benzene rings is 2. The molecule has 7 heteroatoms. The number of nitrogens with zero attached hydrogens (tertiary/aromatic N) is 1. The van der Waals surface area contributed by atoms with Gasteiger partial charge >= 0.3 is 0 Å². The maximum absolute atomic E-state index is 13.0. The van der Waals surface area contributed by atoms with Crippen molar-refractivity contribution >= 4 is 23.2 Å². The Kier molecular flexibility index (Phi) is 4.96. The van der Waals surface area contributed by atoms with Gasteiger partial charge in [-0.25, -0.2) is 0 Å². The molecule has 1 aromatic heterocycles. The van der Waals surface area contributed by atoms with Crippen molar-refractivity contribution in [1.29, 1.82) is 0 Å². The van der Waals surface area contributed by atoms with E-state index in [1.807, 2.05) is 37.3 Å². The van der Waals surface area contributed by atoms with Crippen LogP contribution in [0.2, 0.25) is 5.02 Å². The lowest BCUT2D eigenvalue weighted by molar-refractivity contribution is -0.118. The summed E-state index contributed by atoms with van der Waals surface area (Å²) in [7, 11) is 3.16. The van der Waals surface area contributed by atoms with Gasteiger partial charge in [-0.15, -0.1) is 0 Å². The third-order valence-corrected chi connectivity index (χ3v) is 5.69. The van der Waals surface area contributed by atoms with Crippen molar-refractivity contribution < 1.29 is 18.8 Å². The summed E-state index contributed by atoms with van der Waals surface area (Å²) in [6, 6.07) is 12.8. The molecule has 0 bridgehead atoms. The minimum absolute atomic E-state index is 0.107. The monoisotopic (exact) mass is 412 g/mol. The Morgan fingerprint density at radius 1 is 1.10 bits per heavy atom. The zero-order valence-electron chi connectivity index (χ0n) is 16.4. The molecule has 0 atom stereocenters. The van der Waals surface area contributed by atoms with Gasteiger partial charge in [0.1, 0.15) is 0 Å². The summed E-state index contributed by atoms with van der Waals surface area (Å²) in [6.07, 6.45) is 1.44. The summed E-state index contributed by atoms with van der Waals surface area (Å²) in [4.78, 5) is 13.0. The van der Waals surface area contributed by atoms with Crippen LogP contribution in [-0.4, -0.2) is 25.3 Å². The average Bonchev–Trinajstić information content (AvgIpc) is 3.40.